The fourth-order valence-corrected chi connectivity index (χ4v) is 3.09. The predicted octanol–water partition coefficient (Wildman–Crippen LogP) is 4.87. The molecule has 1 heterocycles. The van der Waals surface area contributed by atoms with E-state index in [4.69, 9.17) is 16.3 Å². The number of ether oxygens (including phenoxy) is 1. The summed E-state index contributed by atoms with van der Waals surface area (Å²) < 4.78 is 5.63. The van der Waals surface area contributed by atoms with Gasteiger partial charge in [0, 0.05) is 23.0 Å². The predicted molar refractivity (Wildman–Crippen MR) is 120 cm³/mol. The van der Waals surface area contributed by atoms with Gasteiger partial charge in [0.05, 0.1) is 17.3 Å². The molecule has 152 valence electrons. The molecular weight excluding hydrogens is 414 g/mol. The number of amides is 1. The van der Waals surface area contributed by atoms with Crippen LogP contribution in [0.1, 0.15) is 26.3 Å². The highest BCUT2D eigenvalue weighted by Crippen LogP contribution is 2.27. The number of carbonyl (C=O) groups is 2. The Balaban J connectivity index is 1.63. The molecule has 0 aliphatic rings. The number of carbonyl (C=O) groups excluding carboxylic acids is 2. The molecule has 1 aromatic heterocycles. The molecule has 6 nitrogen and oxygen atoms in total. The maximum atomic E-state index is 12.6. The van der Waals surface area contributed by atoms with Crippen LogP contribution in [0.5, 0.6) is 5.75 Å². The molecule has 1 N–H and O–H groups in total. The third kappa shape index (κ3) is 4.76. The lowest BCUT2D eigenvalue weighted by Crippen LogP contribution is -2.18. The Bertz CT molecular complexity index is 1270. The van der Waals surface area contributed by atoms with E-state index in [1.807, 2.05) is 30.3 Å². The lowest BCUT2D eigenvalue weighted by atomic mass is 10.0. The molecule has 0 radical (unpaired) electrons. The summed E-state index contributed by atoms with van der Waals surface area (Å²) in [6, 6.07) is 20.9. The Kier molecular flexibility index (Phi) is 6.01. The fraction of sp³-hybridized carbons (Fsp3) is 0. The summed E-state index contributed by atoms with van der Waals surface area (Å²) in [4.78, 5) is 28.7. The van der Waals surface area contributed by atoms with Crippen molar-refractivity contribution in [1.82, 2.24) is 10.4 Å². The number of fused-ring (bicyclic) bond motifs is 1. The van der Waals surface area contributed by atoms with Crippen LogP contribution in [-0.4, -0.2) is 23.1 Å². The number of hydrazone groups is 1. The van der Waals surface area contributed by atoms with Gasteiger partial charge >= 0.3 is 5.97 Å². The summed E-state index contributed by atoms with van der Waals surface area (Å²) in [5.41, 5.74) is 3.78. The van der Waals surface area contributed by atoms with Crippen molar-refractivity contribution in [1.29, 1.82) is 0 Å². The lowest BCUT2D eigenvalue weighted by molar-refractivity contribution is 0.0734. The highest BCUT2D eigenvalue weighted by molar-refractivity contribution is 6.30. The average Bonchev–Trinajstić information content (AvgIpc) is 2.81. The van der Waals surface area contributed by atoms with Gasteiger partial charge in [0.2, 0.25) is 0 Å². The summed E-state index contributed by atoms with van der Waals surface area (Å²) in [5, 5.41) is 6.35. The zero-order valence-electron chi connectivity index (χ0n) is 16.2. The van der Waals surface area contributed by atoms with Crippen LogP contribution in [0.2, 0.25) is 5.02 Å². The van der Waals surface area contributed by atoms with Crippen LogP contribution < -0.4 is 10.2 Å². The first-order valence-electron chi connectivity index (χ1n) is 9.35. The number of aromatic nitrogens is 1. The number of benzene rings is 3. The van der Waals surface area contributed by atoms with Crippen molar-refractivity contribution in [3.8, 4) is 5.75 Å². The molecule has 4 rings (SSSR count). The average molecular weight is 430 g/mol. The van der Waals surface area contributed by atoms with E-state index in [-0.39, 0.29) is 0 Å². The minimum Gasteiger partial charge on any atom is -0.422 e. The second-order valence-electron chi connectivity index (χ2n) is 6.54. The molecule has 7 heteroatoms. The van der Waals surface area contributed by atoms with Crippen LogP contribution in [0.4, 0.5) is 0 Å². The number of esters is 1. The van der Waals surface area contributed by atoms with Crippen LogP contribution in [0.25, 0.3) is 10.8 Å². The Labute approximate surface area is 183 Å². The molecule has 0 aliphatic carbocycles. The first kappa shape index (κ1) is 20.3. The number of nitrogens with one attached hydrogen (secondary N) is 1. The maximum absolute atomic E-state index is 12.6. The van der Waals surface area contributed by atoms with Crippen molar-refractivity contribution in [3.05, 3.63) is 107 Å². The van der Waals surface area contributed by atoms with E-state index in [2.05, 4.69) is 15.5 Å². The molecule has 0 atom stereocenters. The second-order valence-corrected chi connectivity index (χ2v) is 6.97. The van der Waals surface area contributed by atoms with Crippen molar-refractivity contribution < 1.29 is 14.3 Å². The van der Waals surface area contributed by atoms with E-state index in [0.29, 0.717) is 27.5 Å². The minimum absolute atomic E-state index is 0.318. The summed E-state index contributed by atoms with van der Waals surface area (Å²) in [7, 11) is 0. The van der Waals surface area contributed by atoms with E-state index < -0.39 is 11.9 Å². The van der Waals surface area contributed by atoms with Crippen LogP contribution in [0.15, 0.2) is 90.3 Å². The first-order chi connectivity index (χ1) is 15.1. The zero-order valence-corrected chi connectivity index (χ0v) is 16.9. The molecule has 0 spiro atoms. The van der Waals surface area contributed by atoms with Gasteiger partial charge in [-0.25, -0.2) is 10.2 Å². The Morgan fingerprint density at radius 2 is 1.74 bits per heavy atom. The molecule has 4 aromatic rings. The normalized spacial score (nSPS) is 10.9. The fourth-order valence-electron chi connectivity index (χ4n) is 2.96. The molecule has 1 amide bonds. The molecule has 3 aromatic carbocycles. The SMILES string of the molecule is O=C(N/N=C/c1c(OC(=O)c2ccc(Cl)cc2)ccc2ccccc12)c1cccnc1. The first-order valence-corrected chi connectivity index (χ1v) is 9.72. The van der Waals surface area contributed by atoms with Crippen LogP contribution in [0.3, 0.4) is 0 Å². The lowest BCUT2D eigenvalue weighted by Gasteiger charge is -2.10. The van der Waals surface area contributed by atoms with Gasteiger partial charge in [0.1, 0.15) is 5.75 Å². The quantitative estimate of drug-likeness (QED) is 0.212. The van der Waals surface area contributed by atoms with Gasteiger partial charge in [-0.05, 0) is 53.2 Å². The van der Waals surface area contributed by atoms with Gasteiger partial charge in [-0.15, -0.1) is 0 Å². The number of pyridine rings is 1. The molecule has 0 saturated carbocycles. The molecule has 0 unspecified atom stereocenters. The van der Waals surface area contributed by atoms with E-state index in [0.717, 1.165) is 10.8 Å². The van der Waals surface area contributed by atoms with E-state index >= 15 is 0 Å². The number of hydrogen-bond acceptors (Lipinski definition) is 5. The zero-order chi connectivity index (χ0) is 21.6. The van der Waals surface area contributed by atoms with Crippen molar-refractivity contribution >= 4 is 40.5 Å². The summed E-state index contributed by atoms with van der Waals surface area (Å²) in [6.45, 7) is 0. The van der Waals surface area contributed by atoms with Gasteiger partial charge in [-0.3, -0.25) is 9.78 Å². The van der Waals surface area contributed by atoms with Gasteiger partial charge in [0.25, 0.3) is 5.91 Å². The summed E-state index contributed by atoms with van der Waals surface area (Å²) >= 11 is 5.89. The molecular formula is C24H16ClN3O3. The number of hydrogen-bond donors (Lipinski definition) is 1. The summed E-state index contributed by atoms with van der Waals surface area (Å²) in [6.07, 6.45) is 4.49. The van der Waals surface area contributed by atoms with Crippen molar-refractivity contribution in [2.75, 3.05) is 0 Å². The third-order valence-electron chi connectivity index (χ3n) is 4.50. The van der Waals surface area contributed by atoms with E-state index in [9.17, 15) is 9.59 Å². The molecule has 0 fully saturated rings. The van der Waals surface area contributed by atoms with E-state index in [1.54, 1.807) is 48.7 Å². The third-order valence-corrected chi connectivity index (χ3v) is 4.75. The van der Waals surface area contributed by atoms with Crippen LogP contribution in [0, 0.1) is 0 Å². The highest BCUT2D eigenvalue weighted by Gasteiger charge is 2.14. The van der Waals surface area contributed by atoms with Crippen molar-refractivity contribution in [3.63, 3.8) is 0 Å². The Hall–Kier alpha value is -4.03. The smallest absolute Gasteiger partial charge is 0.343 e. The summed E-state index contributed by atoms with van der Waals surface area (Å²) in [5.74, 6) is -0.608. The van der Waals surface area contributed by atoms with Gasteiger partial charge in [0.15, 0.2) is 0 Å². The number of rotatable bonds is 5. The van der Waals surface area contributed by atoms with Crippen molar-refractivity contribution in [2.45, 2.75) is 0 Å². The largest absolute Gasteiger partial charge is 0.422 e. The molecule has 0 saturated heterocycles. The minimum atomic E-state index is -0.527. The van der Waals surface area contributed by atoms with Gasteiger partial charge in [-0.2, -0.15) is 5.10 Å². The molecule has 31 heavy (non-hydrogen) atoms. The Morgan fingerprint density at radius 1 is 0.935 bits per heavy atom. The standard InChI is InChI=1S/C24H16ClN3O3/c25-19-10-7-17(8-11-19)24(30)31-22-12-9-16-4-1-2-6-20(16)21(22)15-27-28-23(29)18-5-3-13-26-14-18/h1-15H,(H,28,29)/b27-15+. The van der Waals surface area contributed by atoms with Gasteiger partial charge < -0.3 is 4.74 Å². The molecule has 0 aliphatic heterocycles. The Morgan fingerprint density at radius 3 is 2.52 bits per heavy atom. The second kappa shape index (κ2) is 9.19. The topological polar surface area (TPSA) is 80.6 Å². The van der Waals surface area contributed by atoms with Gasteiger partial charge in [-0.1, -0.05) is 41.9 Å². The highest BCUT2D eigenvalue weighted by atomic mass is 35.5. The van der Waals surface area contributed by atoms with Crippen LogP contribution >= 0.6 is 11.6 Å². The van der Waals surface area contributed by atoms with Crippen molar-refractivity contribution in [2.24, 2.45) is 5.10 Å². The molecule has 0 bridgehead atoms. The maximum Gasteiger partial charge on any atom is 0.343 e. The number of nitrogens with zero attached hydrogens (tertiary/aromatic N) is 2. The van der Waals surface area contributed by atoms with E-state index in [1.165, 1.54) is 12.4 Å². The number of halogens is 1. The van der Waals surface area contributed by atoms with Crippen LogP contribution in [-0.2, 0) is 0 Å². The monoisotopic (exact) mass is 429 g/mol.